The van der Waals surface area contributed by atoms with Crippen LogP contribution >= 0.6 is 11.6 Å². The van der Waals surface area contributed by atoms with Gasteiger partial charge in [0.2, 0.25) is 0 Å². The highest BCUT2D eigenvalue weighted by Gasteiger charge is 2.15. The first kappa shape index (κ1) is 14.6. The molecule has 0 amide bonds. The molecule has 0 saturated heterocycles. The fourth-order valence-corrected chi connectivity index (χ4v) is 3.31. The highest BCUT2D eigenvalue weighted by atomic mass is 35.5. The molecule has 1 aliphatic rings. The normalized spacial score (nSPS) is 16.5. The number of halogens is 1. The van der Waals surface area contributed by atoms with Gasteiger partial charge in [0.25, 0.3) is 0 Å². The third-order valence-corrected chi connectivity index (χ3v) is 4.74. The molecule has 0 aliphatic heterocycles. The van der Waals surface area contributed by atoms with Crippen molar-refractivity contribution < 1.29 is 0 Å². The van der Waals surface area contributed by atoms with Gasteiger partial charge in [0, 0.05) is 17.1 Å². The van der Waals surface area contributed by atoms with E-state index in [-0.39, 0.29) is 0 Å². The van der Waals surface area contributed by atoms with Gasteiger partial charge in [-0.15, -0.1) is 0 Å². The van der Waals surface area contributed by atoms with Crippen molar-refractivity contribution in [3.05, 3.63) is 69.7 Å². The number of fused-ring (bicyclic) bond motifs is 1. The summed E-state index contributed by atoms with van der Waals surface area (Å²) in [6.45, 7) is 4.44. The summed E-state index contributed by atoms with van der Waals surface area (Å²) in [4.78, 5) is 0. The fraction of sp³-hybridized carbons (Fsp3) is 0.368. The van der Waals surface area contributed by atoms with Gasteiger partial charge in [-0.3, -0.25) is 0 Å². The number of aryl methyl sites for hydroxylation is 2. The van der Waals surface area contributed by atoms with E-state index in [4.69, 9.17) is 11.6 Å². The summed E-state index contributed by atoms with van der Waals surface area (Å²) in [6, 6.07) is 15.7. The lowest BCUT2D eigenvalue weighted by molar-refractivity contribution is 0.494. The molecule has 2 unspecified atom stereocenters. The van der Waals surface area contributed by atoms with Gasteiger partial charge in [-0.2, -0.15) is 0 Å². The molecule has 2 heteroatoms. The molecule has 110 valence electrons. The minimum absolute atomic E-state index is 0.311. The summed E-state index contributed by atoms with van der Waals surface area (Å²) < 4.78 is 0. The van der Waals surface area contributed by atoms with Gasteiger partial charge in [-0.05, 0) is 67.5 Å². The van der Waals surface area contributed by atoms with E-state index in [0.717, 1.165) is 5.02 Å². The zero-order valence-corrected chi connectivity index (χ0v) is 13.5. The molecule has 1 aliphatic carbocycles. The Hall–Kier alpha value is -1.31. The smallest absolute Gasteiger partial charge is 0.0406 e. The van der Waals surface area contributed by atoms with E-state index in [1.165, 1.54) is 36.0 Å². The Bertz CT molecular complexity index is 618. The molecule has 1 N–H and O–H groups in total. The second kappa shape index (κ2) is 6.21. The molecule has 3 rings (SSSR count). The van der Waals surface area contributed by atoms with Crippen LogP contribution in [0.1, 0.15) is 54.6 Å². The van der Waals surface area contributed by atoms with Gasteiger partial charge in [0.1, 0.15) is 0 Å². The Morgan fingerprint density at radius 1 is 0.857 bits per heavy atom. The molecule has 21 heavy (non-hydrogen) atoms. The maximum atomic E-state index is 5.95. The van der Waals surface area contributed by atoms with Crippen LogP contribution in [0.5, 0.6) is 0 Å². The molecule has 0 fully saturated rings. The lowest BCUT2D eigenvalue weighted by Crippen LogP contribution is -2.22. The average Bonchev–Trinajstić information content (AvgIpc) is 2.95. The zero-order valence-electron chi connectivity index (χ0n) is 12.7. The Balaban J connectivity index is 1.70. The second-order valence-corrected chi connectivity index (χ2v) is 6.48. The summed E-state index contributed by atoms with van der Waals surface area (Å²) >= 11 is 5.95. The minimum atomic E-state index is 0.311. The van der Waals surface area contributed by atoms with Crippen molar-refractivity contribution in [1.82, 2.24) is 5.32 Å². The summed E-state index contributed by atoms with van der Waals surface area (Å²) in [5, 5.41) is 4.47. The molecule has 0 spiro atoms. The van der Waals surface area contributed by atoms with Gasteiger partial charge >= 0.3 is 0 Å². The molecule has 2 atom stereocenters. The Kier molecular flexibility index (Phi) is 4.32. The lowest BCUT2D eigenvalue weighted by atomic mass is 10.0. The Labute approximate surface area is 132 Å². The first-order valence-electron chi connectivity index (χ1n) is 7.76. The van der Waals surface area contributed by atoms with Gasteiger partial charge in [-0.25, -0.2) is 0 Å². The van der Waals surface area contributed by atoms with Crippen molar-refractivity contribution in [2.24, 2.45) is 0 Å². The topological polar surface area (TPSA) is 12.0 Å². The maximum absolute atomic E-state index is 5.95. The molecule has 2 aromatic rings. The first-order chi connectivity index (χ1) is 10.1. The largest absolute Gasteiger partial charge is 0.304 e. The van der Waals surface area contributed by atoms with Crippen LogP contribution in [0.3, 0.4) is 0 Å². The third-order valence-electron chi connectivity index (χ3n) is 4.49. The average molecular weight is 300 g/mol. The monoisotopic (exact) mass is 299 g/mol. The maximum Gasteiger partial charge on any atom is 0.0406 e. The first-order valence-corrected chi connectivity index (χ1v) is 8.14. The van der Waals surface area contributed by atoms with Crippen LogP contribution in [0, 0.1) is 0 Å². The lowest BCUT2D eigenvalue weighted by Gasteiger charge is -2.21. The van der Waals surface area contributed by atoms with Crippen molar-refractivity contribution in [1.29, 1.82) is 0 Å². The minimum Gasteiger partial charge on any atom is -0.304 e. The zero-order chi connectivity index (χ0) is 14.8. The summed E-state index contributed by atoms with van der Waals surface area (Å²) in [5.74, 6) is 0. The van der Waals surface area contributed by atoms with E-state index in [0.29, 0.717) is 12.1 Å². The Morgan fingerprint density at radius 2 is 1.48 bits per heavy atom. The van der Waals surface area contributed by atoms with Crippen molar-refractivity contribution in [3.8, 4) is 0 Å². The van der Waals surface area contributed by atoms with E-state index in [9.17, 15) is 0 Å². The van der Waals surface area contributed by atoms with Crippen LogP contribution in [0.15, 0.2) is 42.5 Å². The van der Waals surface area contributed by atoms with Crippen LogP contribution in [-0.2, 0) is 12.8 Å². The van der Waals surface area contributed by atoms with Crippen LogP contribution in [0.2, 0.25) is 5.02 Å². The predicted molar refractivity (Wildman–Crippen MR) is 89.9 cm³/mol. The van der Waals surface area contributed by atoms with E-state index >= 15 is 0 Å². The molecule has 0 saturated carbocycles. The molecular formula is C19H22ClN. The number of benzene rings is 2. The quantitative estimate of drug-likeness (QED) is 0.814. The summed E-state index contributed by atoms with van der Waals surface area (Å²) in [5.41, 5.74) is 5.74. The summed E-state index contributed by atoms with van der Waals surface area (Å²) in [6.07, 6.45) is 3.79. The molecule has 0 aromatic heterocycles. The van der Waals surface area contributed by atoms with Crippen molar-refractivity contribution >= 4 is 11.6 Å². The second-order valence-electron chi connectivity index (χ2n) is 6.04. The van der Waals surface area contributed by atoms with Crippen molar-refractivity contribution in [2.75, 3.05) is 0 Å². The number of hydrogen-bond acceptors (Lipinski definition) is 1. The van der Waals surface area contributed by atoms with Crippen LogP contribution in [-0.4, -0.2) is 0 Å². The molecule has 2 aromatic carbocycles. The third kappa shape index (κ3) is 3.30. The van der Waals surface area contributed by atoms with Gasteiger partial charge in [0.05, 0.1) is 0 Å². The number of rotatable bonds is 4. The standard InChI is InChI=1S/C19H22ClN/c1-13(15-8-10-19(20)11-9-15)21-14(2)17-7-6-16-4-3-5-18(16)12-17/h6-14,21H,3-5H2,1-2H3. The van der Waals surface area contributed by atoms with E-state index in [2.05, 4.69) is 49.5 Å². The van der Waals surface area contributed by atoms with Crippen LogP contribution < -0.4 is 5.32 Å². The predicted octanol–water partition coefficient (Wildman–Crippen LogP) is 5.24. The Morgan fingerprint density at radius 3 is 2.24 bits per heavy atom. The molecule has 0 radical (unpaired) electrons. The number of hydrogen-bond donors (Lipinski definition) is 1. The van der Waals surface area contributed by atoms with Crippen molar-refractivity contribution in [3.63, 3.8) is 0 Å². The van der Waals surface area contributed by atoms with Gasteiger partial charge in [0.15, 0.2) is 0 Å². The van der Waals surface area contributed by atoms with Crippen LogP contribution in [0.4, 0.5) is 0 Å². The van der Waals surface area contributed by atoms with Gasteiger partial charge in [-0.1, -0.05) is 41.9 Å². The highest BCUT2D eigenvalue weighted by molar-refractivity contribution is 6.30. The summed E-state index contributed by atoms with van der Waals surface area (Å²) in [7, 11) is 0. The highest BCUT2D eigenvalue weighted by Crippen LogP contribution is 2.27. The molecule has 0 heterocycles. The number of nitrogens with one attached hydrogen (secondary N) is 1. The van der Waals surface area contributed by atoms with Gasteiger partial charge < -0.3 is 5.32 Å². The molecular weight excluding hydrogens is 278 g/mol. The molecule has 0 bridgehead atoms. The fourth-order valence-electron chi connectivity index (χ4n) is 3.18. The van der Waals surface area contributed by atoms with Crippen LogP contribution in [0.25, 0.3) is 0 Å². The molecule has 1 nitrogen and oxygen atoms in total. The van der Waals surface area contributed by atoms with E-state index < -0.39 is 0 Å². The SMILES string of the molecule is CC(NC(C)c1ccc2c(c1)CCC2)c1ccc(Cl)cc1. The van der Waals surface area contributed by atoms with Crippen molar-refractivity contribution in [2.45, 2.75) is 45.2 Å². The van der Waals surface area contributed by atoms with E-state index in [1.807, 2.05) is 12.1 Å². The van der Waals surface area contributed by atoms with E-state index in [1.54, 1.807) is 5.56 Å².